The number of carbonyl (C=O) groups is 2. The predicted octanol–water partition coefficient (Wildman–Crippen LogP) is 6.59. The third-order valence-electron chi connectivity index (χ3n) is 6.21. The number of aryl methyl sites for hydroxylation is 2. The van der Waals surface area contributed by atoms with E-state index in [2.05, 4.69) is 26.1 Å². The minimum Gasteiger partial charge on any atom is -0.421 e. The molecule has 5 rings (SSSR count). The molecule has 1 heterocycles. The van der Waals surface area contributed by atoms with Gasteiger partial charge in [0.2, 0.25) is 11.8 Å². The Morgan fingerprint density at radius 1 is 0.769 bits per heavy atom. The van der Waals surface area contributed by atoms with Crippen LogP contribution in [0.15, 0.2) is 101 Å². The van der Waals surface area contributed by atoms with Crippen molar-refractivity contribution < 1.29 is 14.0 Å². The molecule has 0 spiro atoms. The molecule has 0 aliphatic heterocycles. The molecule has 4 aromatic carbocycles. The van der Waals surface area contributed by atoms with Crippen LogP contribution in [-0.4, -0.2) is 22.1 Å². The maximum atomic E-state index is 13.1. The van der Waals surface area contributed by atoms with Crippen LogP contribution in [0.1, 0.15) is 27.4 Å². The Kier molecular flexibility index (Phi) is 7.45. The number of nitrogens with zero attached hydrogens (tertiary/aromatic N) is 2. The Labute approximate surface area is 226 Å². The number of hydrogen-bond acceptors (Lipinski definition) is 5. The van der Waals surface area contributed by atoms with Crippen molar-refractivity contribution in [1.82, 2.24) is 15.5 Å². The van der Waals surface area contributed by atoms with Crippen LogP contribution in [0.5, 0.6) is 0 Å². The molecule has 3 amide bonds. The van der Waals surface area contributed by atoms with Gasteiger partial charge in [0.1, 0.15) is 0 Å². The van der Waals surface area contributed by atoms with Gasteiger partial charge < -0.3 is 20.4 Å². The summed E-state index contributed by atoms with van der Waals surface area (Å²) < 4.78 is 5.57. The molecule has 0 radical (unpaired) electrons. The molecule has 39 heavy (non-hydrogen) atoms. The maximum absolute atomic E-state index is 13.1. The third kappa shape index (κ3) is 6.19. The van der Waals surface area contributed by atoms with Crippen LogP contribution < -0.4 is 16.0 Å². The second kappa shape index (κ2) is 11.4. The number of carbonyl (C=O) groups excluding carboxylic acids is 2. The van der Waals surface area contributed by atoms with Gasteiger partial charge in [-0.3, -0.25) is 4.79 Å². The van der Waals surface area contributed by atoms with Gasteiger partial charge in [0, 0.05) is 36.0 Å². The Balaban J connectivity index is 1.26. The van der Waals surface area contributed by atoms with Crippen molar-refractivity contribution in [2.75, 3.05) is 10.6 Å². The second-order valence-electron chi connectivity index (χ2n) is 9.02. The van der Waals surface area contributed by atoms with Gasteiger partial charge in [0.15, 0.2) is 0 Å². The van der Waals surface area contributed by atoms with Gasteiger partial charge in [-0.2, -0.15) is 0 Å². The summed E-state index contributed by atoms with van der Waals surface area (Å²) in [4.78, 5) is 25.4. The number of para-hydroxylation sites is 2. The summed E-state index contributed by atoms with van der Waals surface area (Å²) in [5, 5.41) is 16.6. The Morgan fingerprint density at radius 3 is 2.23 bits per heavy atom. The van der Waals surface area contributed by atoms with E-state index in [1.54, 1.807) is 19.1 Å². The van der Waals surface area contributed by atoms with E-state index in [1.807, 2.05) is 91.9 Å². The number of rotatable bonds is 7. The summed E-state index contributed by atoms with van der Waals surface area (Å²) in [7, 11) is 0. The molecule has 0 unspecified atom stereocenters. The fraction of sp³-hybridized carbons (Fsp3) is 0.0968. The number of aromatic nitrogens is 2. The highest BCUT2D eigenvalue weighted by atomic mass is 16.4. The van der Waals surface area contributed by atoms with Crippen LogP contribution in [0.25, 0.3) is 22.6 Å². The zero-order valence-electron chi connectivity index (χ0n) is 21.6. The molecule has 3 N–H and O–H groups in total. The van der Waals surface area contributed by atoms with E-state index < -0.39 is 0 Å². The smallest absolute Gasteiger partial charge is 0.319 e. The molecule has 0 saturated carbocycles. The molecule has 1 aromatic heterocycles. The first-order valence-electron chi connectivity index (χ1n) is 12.5. The van der Waals surface area contributed by atoms with Crippen LogP contribution in [0.2, 0.25) is 0 Å². The molecule has 8 heteroatoms. The molecule has 0 saturated heterocycles. The van der Waals surface area contributed by atoms with Crippen LogP contribution >= 0.6 is 0 Å². The van der Waals surface area contributed by atoms with Gasteiger partial charge >= 0.3 is 6.03 Å². The fourth-order valence-electron chi connectivity index (χ4n) is 4.14. The molecule has 0 aliphatic carbocycles. The van der Waals surface area contributed by atoms with Gasteiger partial charge in [-0.15, -0.1) is 10.2 Å². The van der Waals surface area contributed by atoms with Gasteiger partial charge in [-0.25, -0.2) is 4.79 Å². The first-order valence-corrected chi connectivity index (χ1v) is 12.5. The summed E-state index contributed by atoms with van der Waals surface area (Å²) in [5.41, 5.74) is 6.54. The topological polar surface area (TPSA) is 109 Å². The number of nitrogens with one attached hydrogen (secondary N) is 3. The third-order valence-corrected chi connectivity index (χ3v) is 6.21. The number of benzene rings is 4. The number of anilines is 2. The van der Waals surface area contributed by atoms with E-state index in [0.29, 0.717) is 28.7 Å². The molecule has 8 nitrogen and oxygen atoms in total. The molecule has 5 aromatic rings. The van der Waals surface area contributed by atoms with Crippen molar-refractivity contribution in [2.24, 2.45) is 0 Å². The van der Waals surface area contributed by atoms with Crippen molar-refractivity contribution in [3.63, 3.8) is 0 Å². The summed E-state index contributed by atoms with van der Waals surface area (Å²) in [6.45, 7) is 4.04. The van der Waals surface area contributed by atoms with Gasteiger partial charge in [-0.1, -0.05) is 54.6 Å². The van der Waals surface area contributed by atoms with E-state index >= 15 is 0 Å². The van der Waals surface area contributed by atoms with Crippen molar-refractivity contribution in [1.29, 1.82) is 0 Å². The molecule has 0 bridgehead atoms. The Morgan fingerprint density at radius 2 is 1.49 bits per heavy atom. The van der Waals surface area contributed by atoms with Crippen LogP contribution in [0.4, 0.5) is 16.2 Å². The lowest BCUT2D eigenvalue weighted by Gasteiger charge is -2.13. The first kappa shape index (κ1) is 25.4. The van der Waals surface area contributed by atoms with Gasteiger partial charge in [-0.05, 0) is 71.6 Å². The Bertz CT molecular complexity index is 1610. The molecule has 194 valence electrons. The number of urea groups is 1. The summed E-state index contributed by atoms with van der Waals surface area (Å²) in [6.07, 6.45) is 0. The van der Waals surface area contributed by atoms with E-state index in [0.717, 1.165) is 27.8 Å². The zero-order chi connectivity index (χ0) is 27.2. The quantitative estimate of drug-likeness (QED) is 0.226. The number of hydrogen-bond donors (Lipinski definition) is 3. The standard InChI is InChI=1S/C31H27N5O3/c1-20-12-13-24(30-36-35-21(2)39-30)18-27(20)22-14-16-23(17-15-22)29(37)34-28-11-7-6-8-25(28)19-32-31(38)33-26-9-4-3-5-10-26/h3-18H,19H2,1-2H3,(H,34,37)(H2,32,33,38). The second-order valence-corrected chi connectivity index (χ2v) is 9.02. The highest BCUT2D eigenvalue weighted by molar-refractivity contribution is 6.05. The average Bonchev–Trinajstić information content (AvgIpc) is 3.39. The van der Waals surface area contributed by atoms with E-state index in [-0.39, 0.29) is 18.5 Å². The van der Waals surface area contributed by atoms with Crippen LogP contribution in [0, 0.1) is 13.8 Å². The number of amides is 3. The molecule has 0 atom stereocenters. The maximum Gasteiger partial charge on any atom is 0.319 e. The van der Waals surface area contributed by atoms with Crippen molar-refractivity contribution in [3.8, 4) is 22.6 Å². The van der Waals surface area contributed by atoms with Crippen LogP contribution in [-0.2, 0) is 6.54 Å². The average molecular weight is 518 g/mol. The van der Waals surface area contributed by atoms with Crippen LogP contribution in [0.3, 0.4) is 0 Å². The highest BCUT2D eigenvalue weighted by Crippen LogP contribution is 2.29. The lowest BCUT2D eigenvalue weighted by molar-refractivity contribution is 0.102. The summed E-state index contributed by atoms with van der Waals surface area (Å²) >= 11 is 0. The molecular formula is C31H27N5O3. The van der Waals surface area contributed by atoms with E-state index in [4.69, 9.17) is 4.42 Å². The van der Waals surface area contributed by atoms with E-state index in [9.17, 15) is 9.59 Å². The lowest BCUT2D eigenvalue weighted by atomic mass is 9.97. The Hall–Kier alpha value is -5.24. The molecule has 0 fully saturated rings. The fourth-order valence-corrected chi connectivity index (χ4v) is 4.14. The molecular weight excluding hydrogens is 490 g/mol. The molecule has 0 aliphatic rings. The van der Waals surface area contributed by atoms with E-state index in [1.165, 1.54) is 0 Å². The highest BCUT2D eigenvalue weighted by Gasteiger charge is 2.13. The predicted molar refractivity (Wildman–Crippen MR) is 151 cm³/mol. The minimum absolute atomic E-state index is 0.241. The lowest BCUT2D eigenvalue weighted by Crippen LogP contribution is -2.28. The normalized spacial score (nSPS) is 10.6. The summed E-state index contributed by atoms with van der Waals surface area (Å²) in [5.74, 6) is 0.736. The van der Waals surface area contributed by atoms with Crippen molar-refractivity contribution >= 4 is 23.3 Å². The van der Waals surface area contributed by atoms with Gasteiger partial charge in [0.05, 0.1) is 0 Å². The largest absolute Gasteiger partial charge is 0.421 e. The van der Waals surface area contributed by atoms with Gasteiger partial charge in [0.25, 0.3) is 5.91 Å². The van der Waals surface area contributed by atoms with Crippen molar-refractivity contribution in [3.05, 3.63) is 120 Å². The SMILES string of the molecule is Cc1nnc(-c2ccc(C)c(-c3ccc(C(=O)Nc4ccccc4CNC(=O)Nc4ccccc4)cc3)c2)o1. The zero-order valence-corrected chi connectivity index (χ0v) is 21.6. The minimum atomic E-state index is -0.327. The monoisotopic (exact) mass is 517 g/mol. The first-order chi connectivity index (χ1) is 19.0. The van der Waals surface area contributed by atoms with Crippen molar-refractivity contribution in [2.45, 2.75) is 20.4 Å². The summed E-state index contributed by atoms with van der Waals surface area (Å²) in [6, 6.07) is 29.6.